The Bertz CT molecular complexity index is 511. The van der Waals surface area contributed by atoms with Crippen molar-refractivity contribution < 1.29 is 13.6 Å². The summed E-state index contributed by atoms with van der Waals surface area (Å²) in [5, 5.41) is 0. The highest BCUT2D eigenvalue weighted by Gasteiger charge is 2.28. The minimum absolute atomic E-state index is 0.210. The minimum Gasteiger partial charge on any atom is -0.396 e. The van der Waals surface area contributed by atoms with E-state index < -0.39 is 23.1 Å². The molecule has 1 aliphatic rings. The van der Waals surface area contributed by atoms with Crippen molar-refractivity contribution in [2.45, 2.75) is 18.9 Å². The van der Waals surface area contributed by atoms with Crippen molar-refractivity contribution in [3.05, 3.63) is 29.3 Å². The molecule has 1 fully saturated rings. The van der Waals surface area contributed by atoms with E-state index in [-0.39, 0.29) is 5.69 Å². The van der Waals surface area contributed by atoms with E-state index in [0.29, 0.717) is 19.1 Å². The number of nitrogen functional groups attached to an aromatic ring is 1. The second kappa shape index (κ2) is 5.75. The molecule has 6 heteroatoms. The minimum atomic E-state index is -0.968. The maximum atomic E-state index is 13.9. The molecule has 0 spiro atoms. The summed E-state index contributed by atoms with van der Waals surface area (Å²) in [7, 11) is 3.97. The second-order valence-corrected chi connectivity index (χ2v) is 5.31. The Kier molecular flexibility index (Phi) is 4.23. The van der Waals surface area contributed by atoms with Crippen molar-refractivity contribution in [1.29, 1.82) is 0 Å². The molecule has 1 amide bonds. The van der Waals surface area contributed by atoms with E-state index in [2.05, 4.69) is 4.90 Å². The predicted octanol–water partition coefficient (Wildman–Crippen LogP) is 1.71. The van der Waals surface area contributed by atoms with Crippen LogP contribution in [0.5, 0.6) is 0 Å². The zero-order chi connectivity index (χ0) is 14.9. The van der Waals surface area contributed by atoms with Gasteiger partial charge in [0.1, 0.15) is 11.4 Å². The normalized spacial score (nSPS) is 16.8. The number of rotatable bonds is 2. The molecule has 1 aromatic carbocycles. The Morgan fingerprint density at radius 1 is 1.30 bits per heavy atom. The maximum absolute atomic E-state index is 13.9. The van der Waals surface area contributed by atoms with Gasteiger partial charge in [0.05, 0.1) is 5.69 Å². The highest BCUT2D eigenvalue weighted by Crippen LogP contribution is 2.23. The van der Waals surface area contributed by atoms with Gasteiger partial charge >= 0.3 is 0 Å². The summed E-state index contributed by atoms with van der Waals surface area (Å²) in [6.45, 7) is 0.991. The molecular formula is C14H19F2N3O. The Labute approximate surface area is 117 Å². The van der Waals surface area contributed by atoms with E-state index in [1.54, 1.807) is 0 Å². The molecule has 0 aromatic heterocycles. The zero-order valence-corrected chi connectivity index (χ0v) is 11.7. The maximum Gasteiger partial charge on any atom is 0.259 e. The van der Waals surface area contributed by atoms with Gasteiger partial charge in [0.15, 0.2) is 5.82 Å². The van der Waals surface area contributed by atoms with Gasteiger partial charge in [0.2, 0.25) is 0 Å². The van der Waals surface area contributed by atoms with Gasteiger partial charge in [-0.1, -0.05) is 0 Å². The Hall–Kier alpha value is -1.69. The van der Waals surface area contributed by atoms with Crippen LogP contribution >= 0.6 is 0 Å². The summed E-state index contributed by atoms with van der Waals surface area (Å²) in [6, 6.07) is 2.55. The summed E-state index contributed by atoms with van der Waals surface area (Å²) < 4.78 is 27.5. The first-order chi connectivity index (χ1) is 9.41. The summed E-state index contributed by atoms with van der Waals surface area (Å²) in [5.74, 6) is -2.45. The van der Waals surface area contributed by atoms with E-state index in [1.165, 1.54) is 4.90 Å². The summed E-state index contributed by atoms with van der Waals surface area (Å²) in [4.78, 5) is 15.8. The molecule has 0 bridgehead atoms. The van der Waals surface area contributed by atoms with Crippen molar-refractivity contribution in [2.75, 3.05) is 32.9 Å². The first-order valence-corrected chi connectivity index (χ1v) is 6.61. The average molecular weight is 283 g/mol. The molecule has 1 heterocycles. The van der Waals surface area contributed by atoms with Gasteiger partial charge in [-0.15, -0.1) is 0 Å². The zero-order valence-electron chi connectivity index (χ0n) is 11.7. The van der Waals surface area contributed by atoms with E-state index in [1.807, 2.05) is 14.1 Å². The largest absolute Gasteiger partial charge is 0.396 e. The molecule has 4 nitrogen and oxygen atoms in total. The molecule has 2 rings (SSSR count). The van der Waals surface area contributed by atoms with Crippen LogP contribution in [0.1, 0.15) is 23.2 Å². The van der Waals surface area contributed by atoms with Gasteiger partial charge in [-0.3, -0.25) is 4.79 Å². The fraction of sp³-hybridized carbons (Fsp3) is 0.500. The van der Waals surface area contributed by atoms with Gasteiger partial charge in [0, 0.05) is 19.1 Å². The van der Waals surface area contributed by atoms with Crippen molar-refractivity contribution >= 4 is 11.6 Å². The molecule has 0 unspecified atom stereocenters. The molecular weight excluding hydrogens is 264 g/mol. The highest BCUT2D eigenvalue weighted by molar-refractivity contribution is 5.95. The van der Waals surface area contributed by atoms with Crippen molar-refractivity contribution in [1.82, 2.24) is 9.80 Å². The SMILES string of the molecule is CN(C)C1CCN(C(=O)c2c(F)ccc(N)c2F)CC1. The number of nitrogens with two attached hydrogens (primary N) is 1. The molecule has 110 valence electrons. The van der Waals surface area contributed by atoms with E-state index >= 15 is 0 Å². The third-order valence-corrected chi connectivity index (χ3v) is 3.82. The Morgan fingerprint density at radius 2 is 1.90 bits per heavy atom. The summed E-state index contributed by atoms with van der Waals surface area (Å²) in [6.07, 6.45) is 1.59. The van der Waals surface area contributed by atoms with Gasteiger partial charge in [-0.2, -0.15) is 0 Å². The molecule has 1 aromatic rings. The summed E-state index contributed by atoms with van der Waals surface area (Å²) in [5.41, 5.74) is 4.64. The lowest BCUT2D eigenvalue weighted by molar-refractivity contribution is 0.0654. The van der Waals surface area contributed by atoms with Gasteiger partial charge in [0.25, 0.3) is 5.91 Å². The molecule has 20 heavy (non-hydrogen) atoms. The fourth-order valence-corrected chi connectivity index (χ4v) is 2.51. The van der Waals surface area contributed by atoms with Crippen LogP contribution in [0.2, 0.25) is 0 Å². The van der Waals surface area contributed by atoms with Crippen molar-refractivity contribution in [3.63, 3.8) is 0 Å². The van der Waals surface area contributed by atoms with Crippen LogP contribution in [-0.2, 0) is 0 Å². The molecule has 1 saturated heterocycles. The highest BCUT2D eigenvalue weighted by atomic mass is 19.1. The van der Waals surface area contributed by atoms with Gasteiger partial charge in [-0.25, -0.2) is 8.78 Å². The number of carbonyl (C=O) groups excluding carboxylic acids is 1. The number of hydrogen-bond donors (Lipinski definition) is 1. The van der Waals surface area contributed by atoms with Crippen LogP contribution < -0.4 is 5.73 Å². The Balaban J connectivity index is 2.16. The number of nitrogens with zero attached hydrogens (tertiary/aromatic N) is 2. The van der Waals surface area contributed by atoms with E-state index in [9.17, 15) is 13.6 Å². The van der Waals surface area contributed by atoms with E-state index in [4.69, 9.17) is 5.73 Å². The van der Waals surface area contributed by atoms with Crippen LogP contribution in [0.25, 0.3) is 0 Å². The monoisotopic (exact) mass is 283 g/mol. The molecule has 1 aliphatic heterocycles. The van der Waals surface area contributed by atoms with Crippen LogP contribution in [0.4, 0.5) is 14.5 Å². The number of hydrogen-bond acceptors (Lipinski definition) is 3. The van der Waals surface area contributed by atoms with Crippen LogP contribution in [0.3, 0.4) is 0 Å². The van der Waals surface area contributed by atoms with Gasteiger partial charge in [-0.05, 0) is 39.1 Å². The standard InChI is InChI=1S/C14H19F2N3O/c1-18(2)9-5-7-19(8-6-9)14(20)12-10(15)3-4-11(17)13(12)16/h3-4,9H,5-8,17H2,1-2H3. The molecule has 2 N–H and O–H groups in total. The van der Waals surface area contributed by atoms with Crippen LogP contribution in [0.15, 0.2) is 12.1 Å². The lowest BCUT2D eigenvalue weighted by atomic mass is 10.0. The molecule has 0 aliphatic carbocycles. The lowest BCUT2D eigenvalue weighted by Gasteiger charge is -2.35. The van der Waals surface area contributed by atoms with Crippen LogP contribution in [-0.4, -0.2) is 48.9 Å². The number of anilines is 1. The first-order valence-electron chi connectivity index (χ1n) is 6.61. The number of halogens is 2. The Morgan fingerprint density at radius 3 is 2.45 bits per heavy atom. The number of carbonyl (C=O) groups is 1. The van der Waals surface area contributed by atoms with Crippen molar-refractivity contribution in [3.8, 4) is 0 Å². The molecule has 0 saturated carbocycles. The number of piperidine rings is 1. The summed E-state index contributed by atoms with van der Waals surface area (Å²) >= 11 is 0. The number of likely N-dealkylation sites (tertiary alicyclic amines) is 1. The first kappa shape index (κ1) is 14.7. The topological polar surface area (TPSA) is 49.6 Å². The molecule has 0 radical (unpaired) electrons. The number of amides is 1. The number of benzene rings is 1. The van der Waals surface area contributed by atoms with Gasteiger partial charge < -0.3 is 15.5 Å². The third-order valence-electron chi connectivity index (χ3n) is 3.82. The lowest BCUT2D eigenvalue weighted by Crippen LogP contribution is -2.44. The third kappa shape index (κ3) is 2.75. The van der Waals surface area contributed by atoms with Crippen LogP contribution in [0, 0.1) is 11.6 Å². The van der Waals surface area contributed by atoms with Crippen molar-refractivity contribution in [2.24, 2.45) is 0 Å². The second-order valence-electron chi connectivity index (χ2n) is 5.31. The van der Waals surface area contributed by atoms with E-state index in [0.717, 1.165) is 25.0 Å². The fourth-order valence-electron chi connectivity index (χ4n) is 2.51. The quantitative estimate of drug-likeness (QED) is 0.841. The predicted molar refractivity (Wildman–Crippen MR) is 73.4 cm³/mol. The molecule has 0 atom stereocenters. The average Bonchev–Trinajstić information content (AvgIpc) is 2.43. The smallest absolute Gasteiger partial charge is 0.259 e.